The van der Waals surface area contributed by atoms with E-state index in [1.807, 2.05) is 0 Å². The molecule has 1 aromatic heterocycles. The van der Waals surface area contributed by atoms with E-state index in [9.17, 15) is 9.59 Å². The van der Waals surface area contributed by atoms with Crippen molar-refractivity contribution in [2.45, 2.75) is 26.4 Å². The summed E-state index contributed by atoms with van der Waals surface area (Å²) in [4.78, 5) is 24.3. The second-order valence-electron chi connectivity index (χ2n) is 3.96. The Bertz CT molecular complexity index is 412. The first-order chi connectivity index (χ1) is 7.95. The molecule has 17 heavy (non-hydrogen) atoms. The number of primary amides is 1. The summed E-state index contributed by atoms with van der Waals surface area (Å²) in [5.74, 6) is -0.229. The summed E-state index contributed by atoms with van der Waals surface area (Å²) in [7, 11) is 0. The summed E-state index contributed by atoms with van der Waals surface area (Å²) in [6.45, 7) is 3.70. The lowest BCUT2D eigenvalue weighted by atomic mass is 10.2. The van der Waals surface area contributed by atoms with E-state index in [0.717, 1.165) is 0 Å². The molecule has 1 aromatic rings. The van der Waals surface area contributed by atoms with Gasteiger partial charge in [-0.05, 0) is 26.0 Å². The lowest BCUT2D eigenvalue weighted by Gasteiger charge is -2.24. The van der Waals surface area contributed by atoms with Gasteiger partial charge in [0.2, 0.25) is 5.91 Å². The Morgan fingerprint density at radius 1 is 1.41 bits per heavy atom. The molecular formula is C11H17N3O3. The summed E-state index contributed by atoms with van der Waals surface area (Å²) < 4.78 is 5.24. The Kier molecular flexibility index (Phi) is 4.28. The lowest BCUT2D eigenvalue weighted by Crippen LogP contribution is -2.42. The van der Waals surface area contributed by atoms with Crippen molar-refractivity contribution in [2.75, 3.05) is 6.54 Å². The molecule has 6 heteroatoms. The number of nitrogens with two attached hydrogens (primary N) is 2. The maximum absolute atomic E-state index is 12.0. The zero-order valence-electron chi connectivity index (χ0n) is 9.97. The smallest absolute Gasteiger partial charge is 0.290 e. The van der Waals surface area contributed by atoms with Crippen molar-refractivity contribution in [2.24, 2.45) is 11.5 Å². The van der Waals surface area contributed by atoms with E-state index in [4.69, 9.17) is 15.9 Å². The average Bonchev–Trinajstić information content (AvgIpc) is 2.72. The third kappa shape index (κ3) is 3.32. The average molecular weight is 239 g/mol. The molecule has 0 aliphatic rings. The van der Waals surface area contributed by atoms with Gasteiger partial charge in [-0.15, -0.1) is 0 Å². The van der Waals surface area contributed by atoms with Crippen LogP contribution in [-0.4, -0.2) is 29.3 Å². The minimum absolute atomic E-state index is 0.130. The molecule has 0 radical (unpaired) electrons. The van der Waals surface area contributed by atoms with Crippen LogP contribution in [0.3, 0.4) is 0 Å². The minimum Gasteiger partial charge on any atom is -0.455 e. The van der Waals surface area contributed by atoms with E-state index in [1.54, 1.807) is 26.0 Å². The van der Waals surface area contributed by atoms with Gasteiger partial charge in [-0.1, -0.05) is 0 Å². The number of carbonyl (C=O) groups excluding carboxylic acids is 2. The van der Waals surface area contributed by atoms with Crippen LogP contribution in [0.1, 0.15) is 30.2 Å². The standard InChI is InChI=1S/C11H17N3O3/c1-7(2)14(6-10(13)15)11(16)9-4-3-8(5-12)17-9/h3-4,7H,5-6,12H2,1-2H3,(H2,13,15). The predicted octanol–water partition coefficient (Wildman–Crippen LogP) is 0.0742. The van der Waals surface area contributed by atoms with Gasteiger partial charge in [0.25, 0.3) is 5.91 Å². The Labute approximate surface area is 99.5 Å². The number of rotatable bonds is 5. The fraction of sp³-hybridized carbons (Fsp3) is 0.455. The van der Waals surface area contributed by atoms with Crippen molar-refractivity contribution in [3.8, 4) is 0 Å². The van der Waals surface area contributed by atoms with Crippen LogP contribution < -0.4 is 11.5 Å². The monoisotopic (exact) mass is 239 g/mol. The first-order valence-electron chi connectivity index (χ1n) is 5.33. The number of carbonyl (C=O) groups is 2. The molecule has 2 amide bonds. The predicted molar refractivity (Wildman–Crippen MR) is 62.0 cm³/mol. The van der Waals surface area contributed by atoms with Crippen LogP contribution in [0.15, 0.2) is 16.5 Å². The van der Waals surface area contributed by atoms with Crippen molar-refractivity contribution in [1.29, 1.82) is 0 Å². The molecule has 0 saturated heterocycles. The van der Waals surface area contributed by atoms with Crippen LogP contribution in [-0.2, 0) is 11.3 Å². The molecule has 0 atom stereocenters. The molecule has 94 valence electrons. The highest BCUT2D eigenvalue weighted by atomic mass is 16.4. The van der Waals surface area contributed by atoms with Gasteiger partial charge in [-0.25, -0.2) is 0 Å². The van der Waals surface area contributed by atoms with E-state index in [0.29, 0.717) is 5.76 Å². The van der Waals surface area contributed by atoms with Crippen LogP contribution in [0.5, 0.6) is 0 Å². The first kappa shape index (κ1) is 13.2. The number of furan rings is 1. The van der Waals surface area contributed by atoms with Crippen molar-refractivity contribution in [3.05, 3.63) is 23.7 Å². The quantitative estimate of drug-likeness (QED) is 0.759. The van der Waals surface area contributed by atoms with Crippen molar-refractivity contribution >= 4 is 11.8 Å². The molecular weight excluding hydrogens is 222 g/mol. The molecule has 0 bridgehead atoms. The van der Waals surface area contributed by atoms with Gasteiger partial charge >= 0.3 is 0 Å². The fourth-order valence-electron chi connectivity index (χ4n) is 1.40. The van der Waals surface area contributed by atoms with Crippen molar-refractivity contribution < 1.29 is 14.0 Å². The molecule has 4 N–H and O–H groups in total. The molecule has 1 heterocycles. The summed E-state index contributed by atoms with van der Waals surface area (Å²) in [5.41, 5.74) is 10.5. The van der Waals surface area contributed by atoms with Crippen LogP contribution in [0.4, 0.5) is 0 Å². The zero-order chi connectivity index (χ0) is 13.0. The van der Waals surface area contributed by atoms with Gasteiger partial charge in [-0.3, -0.25) is 9.59 Å². The molecule has 0 aliphatic carbocycles. The van der Waals surface area contributed by atoms with E-state index in [2.05, 4.69) is 0 Å². The van der Waals surface area contributed by atoms with Crippen LogP contribution in [0.25, 0.3) is 0 Å². The normalized spacial score (nSPS) is 10.6. The van der Waals surface area contributed by atoms with Crippen LogP contribution in [0.2, 0.25) is 0 Å². The minimum atomic E-state index is -0.558. The van der Waals surface area contributed by atoms with Crippen LogP contribution >= 0.6 is 0 Å². The number of amides is 2. The molecule has 0 saturated carbocycles. The molecule has 0 aromatic carbocycles. The summed E-state index contributed by atoms with van der Waals surface area (Å²) >= 11 is 0. The van der Waals surface area contributed by atoms with E-state index < -0.39 is 5.91 Å². The zero-order valence-corrected chi connectivity index (χ0v) is 9.97. The third-order valence-electron chi connectivity index (χ3n) is 2.28. The number of nitrogens with zero attached hydrogens (tertiary/aromatic N) is 1. The highest BCUT2D eigenvalue weighted by Crippen LogP contribution is 2.12. The maximum atomic E-state index is 12.0. The summed E-state index contributed by atoms with van der Waals surface area (Å²) in [6, 6.07) is 3.04. The Morgan fingerprint density at radius 3 is 2.47 bits per heavy atom. The fourth-order valence-corrected chi connectivity index (χ4v) is 1.40. The maximum Gasteiger partial charge on any atom is 0.290 e. The van der Waals surface area contributed by atoms with Gasteiger partial charge in [0.1, 0.15) is 5.76 Å². The van der Waals surface area contributed by atoms with Gasteiger partial charge in [0.15, 0.2) is 5.76 Å². The van der Waals surface area contributed by atoms with Gasteiger partial charge in [0.05, 0.1) is 13.1 Å². The molecule has 0 aliphatic heterocycles. The molecule has 0 unspecified atom stereocenters. The second-order valence-corrected chi connectivity index (χ2v) is 3.96. The largest absolute Gasteiger partial charge is 0.455 e. The van der Waals surface area contributed by atoms with Gasteiger partial charge < -0.3 is 20.8 Å². The molecule has 1 rings (SSSR count). The number of hydrogen-bond acceptors (Lipinski definition) is 4. The third-order valence-corrected chi connectivity index (χ3v) is 2.28. The highest BCUT2D eigenvalue weighted by Gasteiger charge is 2.23. The van der Waals surface area contributed by atoms with E-state index >= 15 is 0 Å². The first-order valence-corrected chi connectivity index (χ1v) is 5.33. The van der Waals surface area contributed by atoms with E-state index in [-0.39, 0.29) is 30.8 Å². The van der Waals surface area contributed by atoms with Gasteiger partial charge in [-0.2, -0.15) is 0 Å². The SMILES string of the molecule is CC(C)N(CC(N)=O)C(=O)c1ccc(CN)o1. The van der Waals surface area contributed by atoms with Gasteiger partial charge in [0, 0.05) is 6.04 Å². The number of hydrogen-bond donors (Lipinski definition) is 2. The van der Waals surface area contributed by atoms with E-state index in [1.165, 1.54) is 4.90 Å². The summed E-state index contributed by atoms with van der Waals surface area (Å²) in [5, 5.41) is 0. The highest BCUT2D eigenvalue weighted by molar-refractivity contribution is 5.94. The molecule has 0 fully saturated rings. The Morgan fingerprint density at radius 2 is 2.06 bits per heavy atom. The van der Waals surface area contributed by atoms with Crippen molar-refractivity contribution in [1.82, 2.24) is 4.90 Å². The van der Waals surface area contributed by atoms with Crippen molar-refractivity contribution in [3.63, 3.8) is 0 Å². The second kappa shape index (κ2) is 5.49. The summed E-state index contributed by atoms with van der Waals surface area (Å²) in [6.07, 6.45) is 0. The molecule has 6 nitrogen and oxygen atoms in total. The Hall–Kier alpha value is -1.82. The Balaban J connectivity index is 2.87. The van der Waals surface area contributed by atoms with Crippen LogP contribution in [0, 0.1) is 0 Å². The lowest BCUT2D eigenvalue weighted by molar-refractivity contribution is -0.119. The molecule has 0 spiro atoms. The topological polar surface area (TPSA) is 103 Å².